The number of sulfone groups is 1. The van der Waals surface area contributed by atoms with E-state index in [0.717, 1.165) is 23.9 Å². The zero-order chi connectivity index (χ0) is 32.5. The summed E-state index contributed by atoms with van der Waals surface area (Å²) in [6, 6.07) is 4.99. The van der Waals surface area contributed by atoms with Gasteiger partial charge in [0.05, 0.1) is 23.2 Å². The molecule has 1 unspecified atom stereocenters. The predicted molar refractivity (Wildman–Crippen MR) is 156 cm³/mol. The minimum absolute atomic E-state index is 0.00471. The Kier molecular flexibility index (Phi) is 10.4. The zero-order valence-corrected chi connectivity index (χ0v) is 26.6. The number of fused-ring (bicyclic) bond motifs is 3. The first-order chi connectivity index (χ1) is 20.5. The normalized spacial score (nSPS) is 22.8. The molecule has 0 aromatic heterocycles. The molecule has 4 rings (SSSR count). The summed E-state index contributed by atoms with van der Waals surface area (Å²) in [5.41, 5.74) is -1.37. The molecule has 2 aliphatic heterocycles. The second-order valence-corrected chi connectivity index (χ2v) is 15.5. The molecular formula is C29H33ClF5NO6S2. The fourth-order valence-corrected chi connectivity index (χ4v) is 9.08. The average Bonchev–Trinajstić information content (AvgIpc) is 2.92. The molecule has 1 amide bonds. The molecule has 0 bridgehead atoms. The highest BCUT2D eigenvalue weighted by molar-refractivity contribution is 7.99. The van der Waals surface area contributed by atoms with Gasteiger partial charge in [-0.3, -0.25) is 0 Å². The third-order valence-electron chi connectivity index (χ3n) is 7.53. The Labute approximate surface area is 262 Å². The van der Waals surface area contributed by atoms with E-state index in [9.17, 15) is 30.8 Å². The van der Waals surface area contributed by atoms with Crippen LogP contribution < -0.4 is 10.1 Å². The van der Waals surface area contributed by atoms with Crippen molar-refractivity contribution in [3.63, 3.8) is 0 Å². The molecule has 4 atom stereocenters. The van der Waals surface area contributed by atoms with E-state index in [0.29, 0.717) is 5.02 Å². The number of hydrogen-bond acceptors (Lipinski definition) is 7. The van der Waals surface area contributed by atoms with E-state index < -0.39 is 79.9 Å². The lowest BCUT2D eigenvalue weighted by Crippen LogP contribution is -2.57. The number of carbonyl (C=O) groups excluding carboxylic acids is 1. The first-order valence-electron chi connectivity index (χ1n) is 13.8. The highest BCUT2D eigenvalue weighted by Crippen LogP contribution is 2.56. The molecule has 2 aromatic carbocycles. The van der Waals surface area contributed by atoms with Crippen molar-refractivity contribution in [1.82, 2.24) is 5.32 Å². The van der Waals surface area contributed by atoms with Crippen LogP contribution >= 0.6 is 23.4 Å². The van der Waals surface area contributed by atoms with Crippen LogP contribution in [0.1, 0.15) is 45.6 Å². The summed E-state index contributed by atoms with van der Waals surface area (Å²) in [6.45, 7) is 4.23. The fraction of sp³-hybridized carbons (Fsp3) is 0.552. The highest BCUT2D eigenvalue weighted by Gasteiger charge is 2.61. The van der Waals surface area contributed by atoms with Crippen molar-refractivity contribution in [2.75, 3.05) is 24.7 Å². The SMILES string of the molecule is CC(C)(C)OC(=O)NC(CCSCC[C@@H]1OCC[C@@]2(S(=O)(=O)c3ccc(Cl)cc3)c3c(F)ccc(F)c3OC[C@@H]12)C(F)(F)F. The van der Waals surface area contributed by atoms with Gasteiger partial charge in [-0.15, -0.1) is 0 Å². The fourth-order valence-electron chi connectivity index (χ4n) is 5.60. The third-order valence-corrected chi connectivity index (χ3v) is 11.4. The van der Waals surface area contributed by atoms with E-state index in [-0.39, 0.29) is 42.5 Å². The van der Waals surface area contributed by atoms with Gasteiger partial charge >= 0.3 is 12.3 Å². The van der Waals surface area contributed by atoms with E-state index in [1.807, 2.05) is 5.32 Å². The van der Waals surface area contributed by atoms with Gasteiger partial charge in [0, 0.05) is 17.5 Å². The Bertz CT molecular complexity index is 1450. The number of hydrogen-bond donors (Lipinski definition) is 1. The molecule has 2 aliphatic rings. The standard InChI is InChI=1S/C29H33ClF5NO6S2/c1-27(2,3)42-26(37)36-23(29(33,34)35)11-15-43-14-10-22-19-16-41-25-21(32)9-8-20(31)24(25)28(19,12-13-40-22)44(38,39)18-6-4-17(30)5-7-18/h4-9,19,22-23H,10-16H2,1-3H3,(H,36,37)/t19-,22-,23?,28-/m0/s1. The number of carbonyl (C=O) groups is 1. The van der Waals surface area contributed by atoms with Gasteiger partial charge in [-0.05, 0) is 87.9 Å². The predicted octanol–water partition coefficient (Wildman–Crippen LogP) is 7.05. The molecular weight excluding hydrogens is 653 g/mol. The van der Waals surface area contributed by atoms with Crippen molar-refractivity contribution in [1.29, 1.82) is 0 Å². The number of thioether (sulfide) groups is 1. The van der Waals surface area contributed by atoms with Crippen molar-refractivity contribution < 1.29 is 49.4 Å². The maximum atomic E-state index is 15.5. The molecule has 1 N–H and O–H groups in total. The Morgan fingerprint density at radius 2 is 1.77 bits per heavy atom. The number of benzene rings is 2. The Hall–Kier alpha value is -2.29. The summed E-state index contributed by atoms with van der Waals surface area (Å²) in [6.07, 6.45) is -7.09. The van der Waals surface area contributed by atoms with Crippen LogP contribution in [0.5, 0.6) is 5.75 Å². The second kappa shape index (κ2) is 13.2. The summed E-state index contributed by atoms with van der Waals surface area (Å²) in [5.74, 6) is -3.00. The lowest BCUT2D eigenvalue weighted by atomic mass is 9.75. The minimum atomic E-state index is -4.70. The number of halogens is 6. The van der Waals surface area contributed by atoms with Crippen molar-refractivity contribution in [3.05, 3.63) is 58.6 Å². The molecule has 1 fully saturated rings. The summed E-state index contributed by atoms with van der Waals surface area (Å²) in [5, 5.41) is 2.16. The van der Waals surface area contributed by atoms with Crippen LogP contribution in [0.4, 0.5) is 26.7 Å². The molecule has 1 saturated heterocycles. The number of rotatable bonds is 9. The maximum Gasteiger partial charge on any atom is 0.408 e. The van der Waals surface area contributed by atoms with Gasteiger partial charge in [0.25, 0.3) is 0 Å². The van der Waals surface area contributed by atoms with Crippen LogP contribution in [0, 0.1) is 17.6 Å². The van der Waals surface area contributed by atoms with Gasteiger partial charge in [0.15, 0.2) is 21.4 Å². The Morgan fingerprint density at radius 1 is 1.11 bits per heavy atom. The van der Waals surface area contributed by atoms with Crippen LogP contribution in [-0.4, -0.2) is 63.2 Å². The molecule has 15 heteroatoms. The van der Waals surface area contributed by atoms with Crippen molar-refractivity contribution in [2.45, 2.75) is 73.6 Å². The number of ether oxygens (including phenoxy) is 3. The molecule has 244 valence electrons. The van der Waals surface area contributed by atoms with Crippen LogP contribution in [0.25, 0.3) is 0 Å². The third kappa shape index (κ3) is 7.23. The minimum Gasteiger partial charge on any atom is -0.490 e. The average molecular weight is 686 g/mol. The van der Waals surface area contributed by atoms with E-state index in [2.05, 4.69) is 0 Å². The summed E-state index contributed by atoms with van der Waals surface area (Å²) in [7, 11) is -4.38. The van der Waals surface area contributed by atoms with Crippen LogP contribution in [0.15, 0.2) is 41.3 Å². The van der Waals surface area contributed by atoms with E-state index in [1.165, 1.54) is 45.0 Å². The molecule has 7 nitrogen and oxygen atoms in total. The van der Waals surface area contributed by atoms with E-state index in [1.54, 1.807) is 0 Å². The first kappa shape index (κ1) is 34.6. The Morgan fingerprint density at radius 3 is 2.41 bits per heavy atom. The molecule has 0 aliphatic carbocycles. The van der Waals surface area contributed by atoms with Crippen molar-refractivity contribution >= 4 is 39.3 Å². The monoisotopic (exact) mass is 685 g/mol. The van der Waals surface area contributed by atoms with Gasteiger partial charge in [-0.25, -0.2) is 22.0 Å². The van der Waals surface area contributed by atoms with E-state index in [4.69, 9.17) is 25.8 Å². The zero-order valence-electron chi connectivity index (χ0n) is 24.2. The first-order valence-corrected chi connectivity index (χ1v) is 16.9. The summed E-state index contributed by atoms with van der Waals surface area (Å²) < 4.78 is 114. The van der Waals surface area contributed by atoms with Crippen molar-refractivity contribution in [2.24, 2.45) is 5.92 Å². The topological polar surface area (TPSA) is 90.9 Å². The van der Waals surface area contributed by atoms with Crippen molar-refractivity contribution in [3.8, 4) is 5.75 Å². The molecule has 2 aromatic rings. The second-order valence-electron chi connectivity index (χ2n) is 11.6. The quantitative estimate of drug-likeness (QED) is 0.223. The molecule has 0 spiro atoms. The van der Waals surface area contributed by atoms with Gasteiger partial charge in [0.1, 0.15) is 22.2 Å². The van der Waals surface area contributed by atoms with Crippen LogP contribution in [-0.2, 0) is 24.1 Å². The summed E-state index contributed by atoms with van der Waals surface area (Å²) in [4.78, 5) is 11.8. The number of amides is 1. The number of nitrogens with one attached hydrogen (secondary N) is 1. The lowest BCUT2D eigenvalue weighted by molar-refractivity contribution is -0.155. The smallest absolute Gasteiger partial charge is 0.408 e. The van der Waals surface area contributed by atoms with Gasteiger partial charge in [0.2, 0.25) is 0 Å². The van der Waals surface area contributed by atoms with Crippen LogP contribution in [0.2, 0.25) is 5.02 Å². The molecule has 0 radical (unpaired) electrons. The number of alkyl halides is 3. The lowest BCUT2D eigenvalue weighted by Gasteiger charge is -2.50. The maximum absolute atomic E-state index is 15.5. The number of alkyl carbamates (subject to hydrolysis) is 1. The Balaban J connectivity index is 1.53. The molecule has 44 heavy (non-hydrogen) atoms. The van der Waals surface area contributed by atoms with Gasteiger partial charge in [-0.1, -0.05) is 11.6 Å². The summed E-state index contributed by atoms with van der Waals surface area (Å²) >= 11 is 7.13. The van der Waals surface area contributed by atoms with Gasteiger partial charge in [-0.2, -0.15) is 24.9 Å². The van der Waals surface area contributed by atoms with E-state index >= 15 is 4.39 Å². The highest BCUT2D eigenvalue weighted by atomic mass is 35.5. The molecule has 2 heterocycles. The van der Waals surface area contributed by atoms with Gasteiger partial charge < -0.3 is 19.5 Å². The molecule has 0 saturated carbocycles. The largest absolute Gasteiger partial charge is 0.490 e. The van der Waals surface area contributed by atoms with Crippen LogP contribution in [0.3, 0.4) is 0 Å².